The molecule has 5 fully saturated rings. The molecule has 0 spiro atoms. The maximum Gasteiger partial charge on any atom is 0.169 e. The van der Waals surface area contributed by atoms with Crippen molar-refractivity contribution < 1.29 is 19.7 Å². The van der Waals surface area contributed by atoms with Crippen molar-refractivity contribution in [2.75, 3.05) is 13.2 Å². The van der Waals surface area contributed by atoms with E-state index in [4.69, 9.17) is 9.47 Å². The highest BCUT2D eigenvalue weighted by atomic mass is 16.7. The van der Waals surface area contributed by atoms with Gasteiger partial charge >= 0.3 is 0 Å². The molecule has 4 heteroatoms. The minimum Gasteiger partial charge on any atom is -0.393 e. The Morgan fingerprint density at radius 3 is 2.32 bits per heavy atom. The van der Waals surface area contributed by atoms with Gasteiger partial charge in [-0.15, -0.1) is 0 Å². The summed E-state index contributed by atoms with van der Waals surface area (Å²) in [5.74, 6) is 2.62. The molecule has 0 aromatic heterocycles. The number of ether oxygens (including phenoxy) is 2. The highest BCUT2D eigenvalue weighted by Crippen LogP contribution is 2.70. The molecular formula is C24H40O4. The first-order valence-electron chi connectivity index (χ1n) is 11.8. The van der Waals surface area contributed by atoms with Gasteiger partial charge in [-0.1, -0.05) is 20.8 Å². The summed E-state index contributed by atoms with van der Waals surface area (Å²) in [5, 5.41) is 21.8. The molecule has 0 bridgehead atoms. The summed E-state index contributed by atoms with van der Waals surface area (Å²) in [6.07, 6.45) is 7.09. The van der Waals surface area contributed by atoms with E-state index in [0.29, 0.717) is 48.7 Å². The molecule has 160 valence electrons. The van der Waals surface area contributed by atoms with Crippen LogP contribution < -0.4 is 0 Å². The zero-order valence-electron chi connectivity index (χ0n) is 18.2. The molecule has 2 N–H and O–H groups in total. The van der Waals surface area contributed by atoms with Crippen molar-refractivity contribution in [3.8, 4) is 0 Å². The van der Waals surface area contributed by atoms with Gasteiger partial charge in [0, 0.05) is 5.92 Å². The van der Waals surface area contributed by atoms with E-state index in [9.17, 15) is 10.2 Å². The number of aliphatic hydroxyl groups is 2. The fraction of sp³-hybridized carbons (Fsp3) is 1.00. The van der Waals surface area contributed by atoms with Gasteiger partial charge < -0.3 is 19.7 Å². The van der Waals surface area contributed by atoms with E-state index in [1.54, 1.807) is 0 Å². The molecule has 0 amide bonds. The van der Waals surface area contributed by atoms with Crippen molar-refractivity contribution >= 4 is 0 Å². The quantitative estimate of drug-likeness (QED) is 0.708. The molecule has 1 aliphatic heterocycles. The molecule has 5 rings (SSSR count). The first-order chi connectivity index (χ1) is 13.2. The number of fused-ring (bicyclic) bond motifs is 5. The van der Waals surface area contributed by atoms with Gasteiger partial charge in [-0.25, -0.2) is 0 Å². The Labute approximate surface area is 170 Å². The van der Waals surface area contributed by atoms with Crippen molar-refractivity contribution in [3.63, 3.8) is 0 Å². The van der Waals surface area contributed by atoms with Crippen LogP contribution >= 0.6 is 0 Å². The Kier molecular flexibility index (Phi) is 4.53. The SMILES string of the molecule is C[C@@H]1C[C@H]2[C@@H]3CC[C@H]4C[C@H](O)CC[C@]4(C)[C@H]3[C@@H](O)C[C@]2(C)[C@H]1C1(C)OCCO1. The van der Waals surface area contributed by atoms with E-state index < -0.39 is 5.79 Å². The number of hydrogen-bond acceptors (Lipinski definition) is 4. The van der Waals surface area contributed by atoms with Crippen LogP contribution in [0.1, 0.15) is 72.6 Å². The Bertz CT molecular complexity index is 616. The molecule has 1 saturated heterocycles. The third kappa shape index (κ3) is 2.57. The minimum atomic E-state index is -0.495. The number of rotatable bonds is 1. The lowest BCUT2D eigenvalue weighted by molar-refractivity contribution is -0.238. The molecule has 5 aliphatic rings. The van der Waals surface area contributed by atoms with Crippen LogP contribution in [0.2, 0.25) is 0 Å². The molecule has 4 aliphatic carbocycles. The monoisotopic (exact) mass is 392 g/mol. The molecule has 0 radical (unpaired) electrons. The number of aliphatic hydroxyl groups excluding tert-OH is 2. The van der Waals surface area contributed by atoms with E-state index >= 15 is 0 Å². The van der Waals surface area contributed by atoms with Gasteiger partial charge in [0.1, 0.15) is 0 Å². The average Bonchev–Trinajstić information content (AvgIpc) is 3.16. The van der Waals surface area contributed by atoms with Crippen LogP contribution in [0, 0.1) is 46.3 Å². The molecule has 4 nitrogen and oxygen atoms in total. The van der Waals surface area contributed by atoms with Crippen LogP contribution in [0.4, 0.5) is 0 Å². The van der Waals surface area contributed by atoms with Crippen LogP contribution in [-0.2, 0) is 9.47 Å². The Hall–Kier alpha value is -0.160. The smallest absolute Gasteiger partial charge is 0.169 e. The first kappa shape index (κ1) is 19.8. The second-order valence-corrected chi connectivity index (χ2v) is 11.7. The van der Waals surface area contributed by atoms with E-state index in [1.807, 2.05) is 0 Å². The second-order valence-electron chi connectivity index (χ2n) is 11.7. The van der Waals surface area contributed by atoms with E-state index in [-0.39, 0.29) is 23.0 Å². The zero-order valence-corrected chi connectivity index (χ0v) is 18.2. The predicted octanol–water partition coefficient (Wildman–Crippen LogP) is 3.99. The summed E-state index contributed by atoms with van der Waals surface area (Å²) in [6, 6.07) is 0. The van der Waals surface area contributed by atoms with Crippen LogP contribution in [0.25, 0.3) is 0 Å². The highest BCUT2D eigenvalue weighted by molar-refractivity contribution is 5.14. The van der Waals surface area contributed by atoms with Gasteiger partial charge in [0.05, 0.1) is 25.4 Å². The largest absolute Gasteiger partial charge is 0.393 e. The van der Waals surface area contributed by atoms with Crippen molar-refractivity contribution in [2.24, 2.45) is 46.3 Å². The molecule has 1 heterocycles. The van der Waals surface area contributed by atoms with Crippen LogP contribution in [0.15, 0.2) is 0 Å². The van der Waals surface area contributed by atoms with Gasteiger partial charge in [-0.05, 0) is 92.3 Å². The number of hydrogen-bond donors (Lipinski definition) is 2. The van der Waals surface area contributed by atoms with Crippen LogP contribution in [-0.4, -0.2) is 41.4 Å². The van der Waals surface area contributed by atoms with Crippen molar-refractivity contribution in [1.29, 1.82) is 0 Å². The van der Waals surface area contributed by atoms with Crippen LogP contribution in [0.5, 0.6) is 0 Å². The molecule has 0 aromatic carbocycles. The molecule has 10 atom stereocenters. The van der Waals surface area contributed by atoms with E-state index in [0.717, 1.165) is 25.7 Å². The van der Waals surface area contributed by atoms with Gasteiger partial charge in [0.15, 0.2) is 5.79 Å². The molecular weight excluding hydrogens is 352 g/mol. The van der Waals surface area contributed by atoms with Gasteiger partial charge in [-0.3, -0.25) is 0 Å². The van der Waals surface area contributed by atoms with Crippen molar-refractivity contribution in [1.82, 2.24) is 0 Å². The second kappa shape index (κ2) is 6.42. The Morgan fingerprint density at radius 1 is 0.893 bits per heavy atom. The van der Waals surface area contributed by atoms with Crippen molar-refractivity contribution in [3.05, 3.63) is 0 Å². The maximum absolute atomic E-state index is 11.6. The summed E-state index contributed by atoms with van der Waals surface area (Å²) < 4.78 is 12.3. The topological polar surface area (TPSA) is 58.9 Å². The molecule has 4 saturated carbocycles. The normalized spacial score (nSPS) is 58.1. The summed E-state index contributed by atoms with van der Waals surface area (Å²) in [5.41, 5.74) is 0.269. The lowest BCUT2D eigenvalue weighted by Gasteiger charge is -2.62. The van der Waals surface area contributed by atoms with E-state index in [1.165, 1.54) is 19.3 Å². The van der Waals surface area contributed by atoms with Crippen LogP contribution in [0.3, 0.4) is 0 Å². The van der Waals surface area contributed by atoms with E-state index in [2.05, 4.69) is 27.7 Å². The third-order valence-electron chi connectivity index (χ3n) is 10.3. The molecule has 28 heavy (non-hydrogen) atoms. The standard InChI is InChI=1S/C24H40O4/c1-14-11-18-17-6-5-15-12-16(25)7-8-22(15,2)20(17)19(26)13-23(18,3)21(14)24(4)27-9-10-28-24/h14-21,25-26H,5-13H2,1-4H3/t14-,15+,16-,17+,18+,19+,20-,21+,22+,23+/m1/s1. The Balaban J connectivity index is 1.49. The van der Waals surface area contributed by atoms with Gasteiger partial charge in [-0.2, -0.15) is 0 Å². The zero-order chi connectivity index (χ0) is 19.9. The fourth-order valence-electron chi connectivity index (χ4n) is 9.55. The molecule has 0 unspecified atom stereocenters. The van der Waals surface area contributed by atoms with Gasteiger partial charge in [0.25, 0.3) is 0 Å². The third-order valence-corrected chi connectivity index (χ3v) is 10.3. The minimum absolute atomic E-state index is 0.0798. The lowest BCUT2D eigenvalue weighted by atomic mass is 9.43. The first-order valence-corrected chi connectivity index (χ1v) is 11.8. The predicted molar refractivity (Wildman–Crippen MR) is 107 cm³/mol. The Morgan fingerprint density at radius 2 is 1.61 bits per heavy atom. The van der Waals surface area contributed by atoms with Gasteiger partial charge in [0.2, 0.25) is 0 Å². The summed E-state index contributed by atoms with van der Waals surface area (Å²) in [7, 11) is 0. The highest BCUT2D eigenvalue weighted by Gasteiger charge is 2.67. The lowest BCUT2D eigenvalue weighted by Crippen LogP contribution is -2.60. The van der Waals surface area contributed by atoms with Crippen molar-refractivity contribution in [2.45, 2.75) is 90.6 Å². The summed E-state index contributed by atoms with van der Waals surface area (Å²) >= 11 is 0. The summed E-state index contributed by atoms with van der Waals surface area (Å²) in [4.78, 5) is 0. The fourth-order valence-corrected chi connectivity index (χ4v) is 9.55. The molecule has 0 aromatic rings. The summed E-state index contributed by atoms with van der Waals surface area (Å²) in [6.45, 7) is 10.8. The maximum atomic E-state index is 11.6. The average molecular weight is 393 g/mol.